The van der Waals surface area contributed by atoms with Crippen LogP contribution in [0.2, 0.25) is 0 Å². The number of hydrogen-bond acceptors (Lipinski definition) is 6. The highest BCUT2D eigenvalue weighted by Gasteiger charge is 2.70. The predicted molar refractivity (Wildman–Crippen MR) is 164 cm³/mol. The molecule has 2 saturated carbocycles. The minimum absolute atomic E-state index is 0.0616. The first kappa shape index (κ1) is 28.6. The minimum Gasteiger partial charge on any atom is -0.489 e. The van der Waals surface area contributed by atoms with Gasteiger partial charge in [-0.05, 0) is 72.1 Å². The van der Waals surface area contributed by atoms with E-state index in [-0.39, 0.29) is 33.8 Å². The van der Waals surface area contributed by atoms with Gasteiger partial charge in [0, 0.05) is 16.0 Å². The highest BCUT2D eigenvalue weighted by atomic mass is 32.2. The molecular formula is C34H27F3N2O4S2. The van der Waals surface area contributed by atoms with Gasteiger partial charge in [-0.3, -0.25) is 14.4 Å². The largest absolute Gasteiger partial charge is 0.489 e. The lowest BCUT2D eigenvalue weighted by molar-refractivity contribution is -0.137. The SMILES string of the molecule is Cc1ccccc1COc1ccc([C@H]2c3sc(=O)[nH]c3SC3C4CC(C5C(=O)N(c6ccccc6C(F)(F)F)C(=O)C45)C32)cc1. The molecule has 1 saturated heterocycles. The first-order chi connectivity index (χ1) is 21.6. The Hall–Kier alpha value is -3.83. The van der Waals surface area contributed by atoms with E-state index in [0.29, 0.717) is 18.8 Å². The Kier molecular flexibility index (Phi) is 6.58. The van der Waals surface area contributed by atoms with E-state index in [2.05, 4.69) is 4.98 Å². The Labute approximate surface area is 264 Å². The van der Waals surface area contributed by atoms with Crippen molar-refractivity contribution in [3.63, 3.8) is 0 Å². The van der Waals surface area contributed by atoms with Crippen molar-refractivity contribution in [1.29, 1.82) is 0 Å². The number of nitrogens with zero attached hydrogens (tertiary/aromatic N) is 1. The molecule has 0 spiro atoms. The molecule has 1 aromatic heterocycles. The Balaban J connectivity index is 1.13. The third kappa shape index (κ3) is 4.41. The normalized spacial score (nSPS) is 28.3. The van der Waals surface area contributed by atoms with Crippen LogP contribution in [0.4, 0.5) is 18.9 Å². The summed E-state index contributed by atoms with van der Waals surface area (Å²) in [6.07, 6.45) is -4.06. The zero-order chi connectivity index (χ0) is 31.2. The van der Waals surface area contributed by atoms with Gasteiger partial charge < -0.3 is 9.72 Å². The van der Waals surface area contributed by atoms with Crippen LogP contribution in [0.1, 0.15) is 39.5 Å². The number of thiazole rings is 1. The number of H-pyrrole nitrogens is 1. The van der Waals surface area contributed by atoms with Crippen molar-refractivity contribution in [2.75, 3.05) is 4.90 Å². The number of fused-ring (bicyclic) bond motifs is 9. The fraction of sp³-hybridized carbons (Fsp3) is 0.324. The van der Waals surface area contributed by atoms with Gasteiger partial charge >= 0.3 is 11.0 Å². The second kappa shape index (κ2) is 10.3. The zero-order valence-electron chi connectivity index (χ0n) is 23.9. The molecule has 0 radical (unpaired) electrons. The third-order valence-electron chi connectivity index (χ3n) is 10.1. The van der Waals surface area contributed by atoms with Crippen LogP contribution in [0.5, 0.6) is 5.75 Å². The number of carbonyl (C=O) groups excluding carboxylic acids is 2. The molecule has 7 atom stereocenters. The molecule has 4 aliphatic rings. The lowest BCUT2D eigenvalue weighted by Gasteiger charge is -2.43. The molecule has 2 aliphatic heterocycles. The maximum atomic E-state index is 14.0. The molecule has 6 nitrogen and oxygen atoms in total. The minimum atomic E-state index is -4.71. The van der Waals surface area contributed by atoms with Gasteiger partial charge in [-0.25, -0.2) is 4.90 Å². The second-order valence-electron chi connectivity index (χ2n) is 12.3. The van der Waals surface area contributed by atoms with Gasteiger partial charge in [0.25, 0.3) is 0 Å². The molecule has 1 N–H and O–H groups in total. The number of anilines is 1. The van der Waals surface area contributed by atoms with Crippen LogP contribution in [0.15, 0.2) is 82.6 Å². The standard InChI is InChI=1S/C34H27F3N2O4S2/c1-16-6-2-3-7-18(16)15-43-19-12-10-17(11-13-19)24-25-20-14-21(28(25)44-30-29(24)45-33(42)38-30)27-26(20)31(40)39(32(27)41)23-9-5-4-8-22(23)34(35,36)37/h2-13,20-21,24-28H,14-15H2,1H3,(H,38,42)/t20?,21?,24-,25?,26?,27?,28?/m1/s1. The van der Waals surface area contributed by atoms with Gasteiger partial charge in [-0.2, -0.15) is 13.2 Å². The van der Waals surface area contributed by atoms with Crippen LogP contribution in [0.25, 0.3) is 0 Å². The molecule has 6 unspecified atom stereocenters. The number of benzene rings is 3. The van der Waals surface area contributed by atoms with Crippen molar-refractivity contribution < 1.29 is 27.5 Å². The van der Waals surface area contributed by atoms with Crippen LogP contribution in [0, 0.1) is 36.5 Å². The summed E-state index contributed by atoms with van der Waals surface area (Å²) in [5, 5.41) is 0.710. The van der Waals surface area contributed by atoms with E-state index in [0.717, 1.165) is 48.9 Å². The first-order valence-corrected chi connectivity index (χ1v) is 16.5. The molecule has 3 heterocycles. The number of hydrogen-bond donors (Lipinski definition) is 1. The summed E-state index contributed by atoms with van der Waals surface area (Å²) in [4.78, 5) is 44.9. The van der Waals surface area contributed by atoms with E-state index in [1.165, 1.54) is 18.2 Å². The summed E-state index contributed by atoms with van der Waals surface area (Å²) < 4.78 is 47.9. The highest BCUT2D eigenvalue weighted by Crippen LogP contribution is 2.68. The number of ether oxygens (including phenoxy) is 1. The predicted octanol–water partition coefficient (Wildman–Crippen LogP) is 7.02. The lowest BCUT2D eigenvalue weighted by Crippen LogP contribution is -2.42. The van der Waals surface area contributed by atoms with E-state index < -0.39 is 41.1 Å². The number of thioether (sulfide) groups is 1. The fourth-order valence-electron chi connectivity index (χ4n) is 8.24. The van der Waals surface area contributed by atoms with Gasteiger partial charge in [0.2, 0.25) is 11.8 Å². The van der Waals surface area contributed by atoms with Crippen LogP contribution in [-0.2, 0) is 22.4 Å². The molecule has 2 amide bonds. The summed E-state index contributed by atoms with van der Waals surface area (Å²) in [7, 11) is 0. The van der Waals surface area contributed by atoms with Gasteiger partial charge in [0.1, 0.15) is 12.4 Å². The number of amides is 2. The van der Waals surface area contributed by atoms with E-state index in [4.69, 9.17) is 4.74 Å². The van der Waals surface area contributed by atoms with Gasteiger partial charge in [0.05, 0.1) is 28.1 Å². The Morgan fingerprint density at radius 1 is 0.911 bits per heavy atom. The molecule has 3 fully saturated rings. The van der Waals surface area contributed by atoms with E-state index in [1.54, 1.807) is 11.8 Å². The summed E-state index contributed by atoms with van der Waals surface area (Å²) in [5.41, 5.74) is 1.82. The smallest absolute Gasteiger partial charge is 0.418 e. The molecule has 45 heavy (non-hydrogen) atoms. The number of aryl methyl sites for hydroxylation is 1. The van der Waals surface area contributed by atoms with Gasteiger partial charge in [-0.15, -0.1) is 11.8 Å². The number of carbonyl (C=O) groups is 2. The number of aromatic nitrogens is 1. The molecule has 2 bridgehead atoms. The first-order valence-electron chi connectivity index (χ1n) is 14.8. The maximum Gasteiger partial charge on any atom is 0.418 e. The van der Waals surface area contributed by atoms with Crippen molar-refractivity contribution in [3.05, 3.63) is 110 Å². The molecule has 230 valence electrons. The van der Waals surface area contributed by atoms with Crippen LogP contribution >= 0.6 is 23.1 Å². The average Bonchev–Trinajstić information content (AvgIpc) is 3.75. The third-order valence-corrected chi connectivity index (χ3v) is 12.7. The number of nitrogens with one attached hydrogen (secondary N) is 1. The quantitative estimate of drug-likeness (QED) is 0.236. The van der Waals surface area contributed by atoms with Crippen molar-refractivity contribution in [3.8, 4) is 5.75 Å². The zero-order valence-corrected chi connectivity index (χ0v) is 25.5. The number of para-hydroxylation sites is 1. The molecule has 4 aromatic rings. The molecular weight excluding hydrogens is 622 g/mol. The Bertz CT molecular complexity index is 1900. The second-order valence-corrected chi connectivity index (χ2v) is 14.5. The topological polar surface area (TPSA) is 79.5 Å². The average molecular weight is 649 g/mol. The number of imide groups is 1. The number of alkyl halides is 3. The van der Waals surface area contributed by atoms with Gasteiger partial charge in [-0.1, -0.05) is 59.9 Å². The van der Waals surface area contributed by atoms with Crippen molar-refractivity contribution in [2.24, 2.45) is 29.6 Å². The summed E-state index contributed by atoms with van der Waals surface area (Å²) in [5.74, 6) is -2.42. The summed E-state index contributed by atoms with van der Waals surface area (Å²) >= 11 is 2.71. The van der Waals surface area contributed by atoms with Crippen molar-refractivity contribution in [1.82, 2.24) is 4.98 Å². The molecule has 8 rings (SSSR count). The van der Waals surface area contributed by atoms with E-state index in [9.17, 15) is 27.6 Å². The van der Waals surface area contributed by atoms with E-state index >= 15 is 0 Å². The lowest BCUT2D eigenvalue weighted by atomic mass is 9.68. The van der Waals surface area contributed by atoms with Crippen LogP contribution in [-0.4, -0.2) is 22.0 Å². The van der Waals surface area contributed by atoms with Crippen LogP contribution in [0.3, 0.4) is 0 Å². The summed E-state index contributed by atoms with van der Waals surface area (Å²) in [6, 6.07) is 20.6. The number of rotatable bonds is 5. The molecule has 3 aromatic carbocycles. The van der Waals surface area contributed by atoms with Gasteiger partial charge in [0.15, 0.2) is 0 Å². The summed E-state index contributed by atoms with van der Waals surface area (Å²) in [6.45, 7) is 2.47. The number of halogens is 3. The van der Waals surface area contributed by atoms with Crippen molar-refractivity contribution in [2.45, 2.75) is 42.3 Å². The van der Waals surface area contributed by atoms with Crippen LogP contribution < -0.4 is 14.5 Å². The fourth-order valence-corrected chi connectivity index (χ4v) is 11.1. The molecule has 2 aliphatic carbocycles. The molecule has 11 heteroatoms. The number of aromatic amines is 1. The van der Waals surface area contributed by atoms with E-state index in [1.807, 2.05) is 55.5 Å². The highest BCUT2D eigenvalue weighted by molar-refractivity contribution is 8.00. The monoisotopic (exact) mass is 648 g/mol. The Morgan fingerprint density at radius 3 is 2.33 bits per heavy atom. The maximum absolute atomic E-state index is 14.0. The van der Waals surface area contributed by atoms with Crippen molar-refractivity contribution >= 4 is 40.6 Å². The Morgan fingerprint density at radius 2 is 1.60 bits per heavy atom.